The fourth-order valence-electron chi connectivity index (χ4n) is 4.85. The van der Waals surface area contributed by atoms with Crippen LogP contribution in [-0.4, -0.2) is 59.2 Å². The molecule has 1 N–H and O–H groups in total. The second-order valence-electron chi connectivity index (χ2n) is 8.49. The number of aromatic nitrogens is 2. The van der Waals surface area contributed by atoms with Crippen molar-refractivity contribution in [2.24, 2.45) is 23.9 Å². The third-order valence-electron chi connectivity index (χ3n) is 6.59. The van der Waals surface area contributed by atoms with Gasteiger partial charge in [-0.05, 0) is 25.2 Å². The Kier molecular flexibility index (Phi) is 7.81. The summed E-state index contributed by atoms with van der Waals surface area (Å²) >= 11 is 0. The maximum Gasteiger partial charge on any atom is 0.293 e. The number of piperazine rings is 1. The van der Waals surface area contributed by atoms with E-state index in [1.807, 2.05) is 0 Å². The Morgan fingerprint density at radius 2 is 1.93 bits per heavy atom. The normalized spacial score (nSPS) is 25.5. The van der Waals surface area contributed by atoms with Crippen molar-refractivity contribution in [2.75, 3.05) is 37.6 Å². The van der Waals surface area contributed by atoms with Crippen molar-refractivity contribution >= 4 is 35.8 Å². The number of aliphatic imine (C=N–C) groups is 1. The number of guanidine groups is 1. The molecule has 2 saturated carbocycles. The van der Waals surface area contributed by atoms with Crippen LogP contribution in [0.4, 0.5) is 5.82 Å². The molecule has 0 bridgehead atoms. The van der Waals surface area contributed by atoms with E-state index >= 15 is 0 Å². The summed E-state index contributed by atoms with van der Waals surface area (Å²) in [5.41, 5.74) is -0.0233. The van der Waals surface area contributed by atoms with E-state index in [0.29, 0.717) is 11.9 Å². The molecular formula is C21H35IN6O. The van der Waals surface area contributed by atoms with E-state index in [2.05, 4.69) is 27.0 Å². The number of rotatable bonds is 4. The first-order chi connectivity index (χ1) is 13.7. The van der Waals surface area contributed by atoms with Crippen molar-refractivity contribution < 1.29 is 0 Å². The van der Waals surface area contributed by atoms with Crippen LogP contribution in [0.5, 0.6) is 0 Å². The van der Waals surface area contributed by atoms with Gasteiger partial charge >= 0.3 is 0 Å². The first-order valence-corrected chi connectivity index (χ1v) is 11.0. The highest BCUT2D eigenvalue weighted by Crippen LogP contribution is 2.44. The number of anilines is 1. The van der Waals surface area contributed by atoms with Crippen molar-refractivity contribution in [3.05, 3.63) is 22.7 Å². The molecule has 3 aliphatic rings. The Morgan fingerprint density at radius 3 is 2.62 bits per heavy atom. The van der Waals surface area contributed by atoms with Crippen LogP contribution >= 0.6 is 24.0 Å². The predicted molar refractivity (Wildman–Crippen MR) is 128 cm³/mol. The van der Waals surface area contributed by atoms with Crippen molar-refractivity contribution in [2.45, 2.75) is 51.5 Å². The zero-order valence-electron chi connectivity index (χ0n) is 17.7. The summed E-state index contributed by atoms with van der Waals surface area (Å²) in [5.74, 6) is 3.39. The van der Waals surface area contributed by atoms with Crippen molar-refractivity contribution in [1.82, 2.24) is 19.8 Å². The Morgan fingerprint density at radius 1 is 1.21 bits per heavy atom. The largest absolute Gasteiger partial charge is 0.353 e. The molecule has 2 heterocycles. The monoisotopic (exact) mass is 514 g/mol. The molecule has 29 heavy (non-hydrogen) atoms. The van der Waals surface area contributed by atoms with Gasteiger partial charge in [-0.2, -0.15) is 0 Å². The summed E-state index contributed by atoms with van der Waals surface area (Å²) in [6.45, 7) is 6.23. The molecule has 2 unspecified atom stereocenters. The van der Waals surface area contributed by atoms with E-state index in [4.69, 9.17) is 4.99 Å². The summed E-state index contributed by atoms with van der Waals surface area (Å²) in [4.78, 5) is 25.9. The number of hydrogen-bond donors (Lipinski definition) is 1. The van der Waals surface area contributed by atoms with Crippen LogP contribution in [0.25, 0.3) is 0 Å². The molecule has 2 aliphatic carbocycles. The molecule has 1 aliphatic heterocycles. The Bertz CT molecular complexity index is 752. The van der Waals surface area contributed by atoms with Crippen molar-refractivity contribution in [3.63, 3.8) is 0 Å². The van der Waals surface area contributed by atoms with E-state index in [9.17, 15) is 4.79 Å². The molecule has 1 aromatic rings. The highest BCUT2D eigenvalue weighted by molar-refractivity contribution is 14.0. The lowest BCUT2D eigenvalue weighted by Gasteiger charge is -2.37. The lowest BCUT2D eigenvalue weighted by atomic mass is 9.85. The van der Waals surface area contributed by atoms with E-state index in [-0.39, 0.29) is 29.5 Å². The van der Waals surface area contributed by atoms with Crippen LogP contribution in [0.15, 0.2) is 22.2 Å². The Labute approximate surface area is 191 Å². The SMILES string of the molecule is CCN=C(NC1CC1C1CCCCC1)N1CCN(c2nccn(C)c2=O)CC1.I. The van der Waals surface area contributed by atoms with E-state index in [1.54, 1.807) is 24.0 Å². The van der Waals surface area contributed by atoms with Crippen LogP contribution in [0.1, 0.15) is 45.4 Å². The summed E-state index contributed by atoms with van der Waals surface area (Å²) < 4.78 is 1.60. The minimum Gasteiger partial charge on any atom is -0.353 e. The lowest BCUT2D eigenvalue weighted by molar-refractivity contribution is 0.313. The molecule has 0 radical (unpaired) electrons. The smallest absolute Gasteiger partial charge is 0.293 e. The van der Waals surface area contributed by atoms with Gasteiger partial charge in [0.2, 0.25) is 0 Å². The van der Waals surface area contributed by atoms with Crippen LogP contribution in [0.3, 0.4) is 0 Å². The van der Waals surface area contributed by atoms with Gasteiger partial charge in [0.25, 0.3) is 5.56 Å². The maximum absolute atomic E-state index is 12.3. The van der Waals surface area contributed by atoms with Gasteiger partial charge in [0.1, 0.15) is 0 Å². The molecule has 1 saturated heterocycles. The molecule has 7 nitrogen and oxygen atoms in total. The van der Waals surface area contributed by atoms with Gasteiger partial charge in [-0.1, -0.05) is 32.1 Å². The first-order valence-electron chi connectivity index (χ1n) is 11.0. The third kappa shape index (κ3) is 5.24. The zero-order valence-corrected chi connectivity index (χ0v) is 20.0. The molecule has 0 amide bonds. The minimum absolute atomic E-state index is 0. The van der Waals surface area contributed by atoms with E-state index in [1.165, 1.54) is 38.5 Å². The highest BCUT2D eigenvalue weighted by atomic mass is 127. The topological polar surface area (TPSA) is 65.8 Å². The fraction of sp³-hybridized carbons (Fsp3) is 0.762. The summed E-state index contributed by atoms with van der Waals surface area (Å²) in [6.07, 6.45) is 11.8. The molecule has 0 spiro atoms. The predicted octanol–water partition coefficient (Wildman–Crippen LogP) is 2.45. The molecule has 2 atom stereocenters. The first kappa shape index (κ1) is 22.4. The number of aryl methyl sites for hydroxylation is 1. The minimum atomic E-state index is -0.0233. The number of halogens is 1. The summed E-state index contributed by atoms with van der Waals surface area (Å²) in [5, 5.41) is 3.76. The summed E-state index contributed by atoms with van der Waals surface area (Å²) in [6, 6.07) is 0.606. The Hall–Kier alpha value is -1.32. The molecule has 4 rings (SSSR count). The molecule has 1 aromatic heterocycles. The van der Waals surface area contributed by atoms with Crippen LogP contribution in [0.2, 0.25) is 0 Å². The zero-order chi connectivity index (χ0) is 19.5. The summed E-state index contributed by atoms with van der Waals surface area (Å²) in [7, 11) is 1.78. The van der Waals surface area contributed by atoms with Gasteiger partial charge in [0.15, 0.2) is 11.8 Å². The van der Waals surface area contributed by atoms with Crippen molar-refractivity contribution in [3.8, 4) is 0 Å². The van der Waals surface area contributed by atoms with Gasteiger partial charge in [-0.3, -0.25) is 9.79 Å². The standard InChI is InChI=1S/C21H34N6O.HI/c1-3-22-21(24-18-15-17(18)16-7-5-4-6-8-16)27-13-11-26(12-14-27)19-20(28)25(2)10-9-23-19;/h9-10,16-18H,3-8,11-15H2,1-2H3,(H,22,24);1H. The second kappa shape index (κ2) is 10.1. The van der Waals surface area contributed by atoms with Crippen molar-refractivity contribution in [1.29, 1.82) is 0 Å². The molecular weight excluding hydrogens is 479 g/mol. The molecule has 0 aromatic carbocycles. The highest BCUT2D eigenvalue weighted by Gasteiger charge is 2.44. The van der Waals surface area contributed by atoms with E-state index in [0.717, 1.165) is 50.5 Å². The van der Waals surface area contributed by atoms with Crippen LogP contribution in [0, 0.1) is 11.8 Å². The number of nitrogens with one attached hydrogen (secondary N) is 1. The van der Waals surface area contributed by atoms with E-state index < -0.39 is 0 Å². The number of nitrogens with zero attached hydrogens (tertiary/aromatic N) is 5. The molecule has 162 valence electrons. The van der Waals surface area contributed by atoms with Crippen LogP contribution < -0.4 is 15.8 Å². The van der Waals surface area contributed by atoms with Gasteiger partial charge < -0.3 is 19.7 Å². The second-order valence-corrected chi connectivity index (χ2v) is 8.49. The maximum atomic E-state index is 12.3. The average molecular weight is 514 g/mol. The van der Waals surface area contributed by atoms with Crippen LogP contribution in [-0.2, 0) is 7.05 Å². The molecule has 8 heteroatoms. The fourth-order valence-corrected chi connectivity index (χ4v) is 4.85. The third-order valence-corrected chi connectivity index (χ3v) is 6.59. The Balaban J connectivity index is 0.00000240. The van der Waals surface area contributed by atoms with Gasteiger partial charge in [0.05, 0.1) is 0 Å². The molecule has 3 fully saturated rings. The van der Waals surface area contributed by atoms with Gasteiger partial charge in [0, 0.05) is 58.2 Å². The van der Waals surface area contributed by atoms with Gasteiger partial charge in [-0.15, -0.1) is 24.0 Å². The average Bonchev–Trinajstić information content (AvgIpc) is 3.50. The quantitative estimate of drug-likeness (QED) is 0.380. The van der Waals surface area contributed by atoms with Gasteiger partial charge in [-0.25, -0.2) is 4.98 Å². The number of hydrogen-bond acceptors (Lipinski definition) is 4. The lowest BCUT2D eigenvalue weighted by Crippen LogP contribution is -2.54.